The van der Waals surface area contributed by atoms with Gasteiger partial charge in [-0.15, -0.1) is 0 Å². The molecule has 5 heteroatoms. The van der Waals surface area contributed by atoms with Gasteiger partial charge in [-0.1, -0.05) is 24.3 Å². The van der Waals surface area contributed by atoms with Gasteiger partial charge in [0.25, 0.3) is 11.5 Å². The summed E-state index contributed by atoms with van der Waals surface area (Å²) in [5.41, 5.74) is 4.89. The van der Waals surface area contributed by atoms with Crippen LogP contribution in [0, 0.1) is 6.92 Å². The summed E-state index contributed by atoms with van der Waals surface area (Å²) in [6.07, 6.45) is 3.09. The van der Waals surface area contributed by atoms with Crippen molar-refractivity contribution in [1.82, 2.24) is 14.9 Å². The summed E-state index contributed by atoms with van der Waals surface area (Å²) in [6, 6.07) is 13.7. The number of hydrogen-bond acceptors (Lipinski definition) is 3. The molecule has 3 aromatic rings. The van der Waals surface area contributed by atoms with E-state index in [0.717, 1.165) is 24.8 Å². The Hall–Kier alpha value is -2.95. The van der Waals surface area contributed by atoms with Crippen molar-refractivity contribution in [3.05, 3.63) is 75.2 Å². The van der Waals surface area contributed by atoms with Crippen molar-refractivity contribution in [3.63, 3.8) is 0 Å². The molecule has 1 aromatic heterocycles. The van der Waals surface area contributed by atoms with Crippen LogP contribution in [0.4, 0.5) is 0 Å². The van der Waals surface area contributed by atoms with Gasteiger partial charge < -0.3 is 9.88 Å². The van der Waals surface area contributed by atoms with Crippen LogP contribution in [0.25, 0.3) is 11.0 Å². The molecule has 27 heavy (non-hydrogen) atoms. The zero-order valence-corrected chi connectivity index (χ0v) is 15.7. The summed E-state index contributed by atoms with van der Waals surface area (Å²) >= 11 is 0. The number of amides is 1. The molecular weight excluding hydrogens is 338 g/mol. The highest BCUT2D eigenvalue weighted by Gasteiger charge is 2.22. The van der Waals surface area contributed by atoms with Gasteiger partial charge in [0.1, 0.15) is 5.69 Å². The third-order valence-electron chi connectivity index (χ3n) is 5.36. The first-order valence-electron chi connectivity index (χ1n) is 9.48. The van der Waals surface area contributed by atoms with E-state index in [1.54, 1.807) is 23.6 Å². The van der Waals surface area contributed by atoms with Crippen LogP contribution in [0.1, 0.15) is 53.0 Å². The Bertz CT molecular complexity index is 1080. The van der Waals surface area contributed by atoms with E-state index in [9.17, 15) is 9.59 Å². The van der Waals surface area contributed by atoms with Gasteiger partial charge in [-0.2, -0.15) is 0 Å². The first kappa shape index (κ1) is 17.5. The molecule has 0 bridgehead atoms. The number of carbonyl (C=O) groups is 1. The van der Waals surface area contributed by atoms with Gasteiger partial charge in [0.2, 0.25) is 0 Å². The number of hydrogen-bond donors (Lipinski definition) is 1. The average Bonchev–Trinajstić information content (AvgIpc) is 2.69. The molecule has 138 valence electrons. The van der Waals surface area contributed by atoms with Gasteiger partial charge in [-0.05, 0) is 62.4 Å². The molecule has 0 spiro atoms. The van der Waals surface area contributed by atoms with Gasteiger partial charge in [0.05, 0.1) is 17.1 Å². The van der Waals surface area contributed by atoms with Gasteiger partial charge in [0, 0.05) is 12.1 Å². The minimum Gasteiger partial charge on any atom is -0.345 e. The third kappa shape index (κ3) is 3.14. The SMILES string of the molecule is CCn1c(=O)c(C)nc2cc(C(=O)NC3CCCc4ccccc43)ccc21. The molecule has 2 aromatic carbocycles. The summed E-state index contributed by atoms with van der Waals surface area (Å²) in [5, 5.41) is 3.18. The number of aryl methyl sites for hydroxylation is 3. The van der Waals surface area contributed by atoms with Crippen molar-refractivity contribution in [1.29, 1.82) is 0 Å². The van der Waals surface area contributed by atoms with Crippen LogP contribution in [0.5, 0.6) is 0 Å². The van der Waals surface area contributed by atoms with E-state index in [1.165, 1.54) is 11.1 Å². The first-order valence-corrected chi connectivity index (χ1v) is 9.48. The van der Waals surface area contributed by atoms with Crippen LogP contribution < -0.4 is 10.9 Å². The molecule has 1 aliphatic carbocycles. The lowest BCUT2D eigenvalue weighted by Crippen LogP contribution is -2.31. The minimum atomic E-state index is -0.104. The Balaban J connectivity index is 1.66. The maximum absolute atomic E-state index is 12.9. The number of carbonyl (C=O) groups excluding carboxylic acids is 1. The zero-order chi connectivity index (χ0) is 19.0. The molecule has 4 rings (SSSR count). The summed E-state index contributed by atoms with van der Waals surface area (Å²) < 4.78 is 1.69. The Morgan fingerprint density at radius 2 is 2.07 bits per heavy atom. The fourth-order valence-electron chi connectivity index (χ4n) is 3.98. The topological polar surface area (TPSA) is 64.0 Å². The lowest BCUT2D eigenvalue weighted by molar-refractivity contribution is 0.0933. The molecule has 1 aliphatic rings. The molecule has 0 radical (unpaired) electrons. The van der Waals surface area contributed by atoms with Crippen LogP contribution in [-0.4, -0.2) is 15.5 Å². The largest absolute Gasteiger partial charge is 0.345 e. The zero-order valence-electron chi connectivity index (χ0n) is 15.7. The van der Waals surface area contributed by atoms with Gasteiger partial charge in [-0.3, -0.25) is 9.59 Å². The summed E-state index contributed by atoms with van der Waals surface area (Å²) in [4.78, 5) is 29.5. The number of fused-ring (bicyclic) bond motifs is 2. The Morgan fingerprint density at radius 1 is 1.26 bits per heavy atom. The smallest absolute Gasteiger partial charge is 0.272 e. The van der Waals surface area contributed by atoms with Crippen molar-refractivity contribution in [2.75, 3.05) is 0 Å². The van der Waals surface area contributed by atoms with Gasteiger partial charge in [-0.25, -0.2) is 4.98 Å². The van der Waals surface area contributed by atoms with Crippen molar-refractivity contribution >= 4 is 16.9 Å². The highest BCUT2D eigenvalue weighted by Crippen LogP contribution is 2.29. The standard InChI is InChI=1S/C22H23N3O2/c1-3-25-20-12-11-16(13-19(20)23-14(2)22(25)27)21(26)24-18-10-6-8-15-7-4-5-9-17(15)18/h4-5,7,9,11-13,18H,3,6,8,10H2,1-2H3,(H,24,26). The predicted octanol–water partition coefficient (Wildman–Crippen LogP) is 3.53. The molecule has 0 aliphatic heterocycles. The van der Waals surface area contributed by atoms with E-state index in [0.29, 0.717) is 23.3 Å². The van der Waals surface area contributed by atoms with Crippen molar-refractivity contribution in [3.8, 4) is 0 Å². The highest BCUT2D eigenvalue weighted by atomic mass is 16.1. The van der Waals surface area contributed by atoms with Crippen LogP contribution in [-0.2, 0) is 13.0 Å². The number of rotatable bonds is 3. The normalized spacial score (nSPS) is 16.1. The second-order valence-electron chi connectivity index (χ2n) is 7.07. The number of nitrogens with zero attached hydrogens (tertiary/aromatic N) is 2. The van der Waals surface area contributed by atoms with E-state index in [4.69, 9.17) is 0 Å². The predicted molar refractivity (Wildman–Crippen MR) is 106 cm³/mol. The second-order valence-corrected chi connectivity index (χ2v) is 7.07. The van der Waals surface area contributed by atoms with E-state index in [-0.39, 0.29) is 17.5 Å². The Labute approximate surface area is 158 Å². The maximum Gasteiger partial charge on any atom is 0.272 e. The molecule has 1 heterocycles. The molecule has 0 saturated carbocycles. The van der Waals surface area contributed by atoms with Crippen molar-refractivity contribution in [2.45, 2.75) is 45.7 Å². The second kappa shape index (κ2) is 6.99. The lowest BCUT2D eigenvalue weighted by Gasteiger charge is -2.26. The van der Waals surface area contributed by atoms with Crippen LogP contribution in [0.15, 0.2) is 47.3 Å². The summed E-state index contributed by atoms with van der Waals surface area (Å²) in [7, 11) is 0. The monoisotopic (exact) mass is 361 g/mol. The van der Waals surface area contributed by atoms with Crippen LogP contribution >= 0.6 is 0 Å². The molecule has 5 nitrogen and oxygen atoms in total. The maximum atomic E-state index is 12.9. The molecule has 0 saturated heterocycles. The fourth-order valence-corrected chi connectivity index (χ4v) is 3.98. The van der Waals surface area contributed by atoms with Gasteiger partial charge in [0.15, 0.2) is 0 Å². The molecule has 1 atom stereocenters. The Morgan fingerprint density at radius 3 is 2.89 bits per heavy atom. The first-order chi connectivity index (χ1) is 13.1. The molecule has 1 N–H and O–H groups in total. The van der Waals surface area contributed by atoms with Crippen molar-refractivity contribution in [2.24, 2.45) is 0 Å². The van der Waals surface area contributed by atoms with E-state index in [1.807, 2.05) is 25.1 Å². The number of benzene rings is 2. The third-order valence-corrected chi connectivity index (χ3v) is 5.36. The van der Waals surface area contributed by atoms with E-state index < -0.39 is 0 Å². The van der Waals surface area contributed by atoms with Crippen LogP contribution in [0.2, 0.25) is 0 Å². The highest BCUT2D eigenvalue weighted by molar-refractivity contribution is 5.97. The van der Waals surface area contributed by atoms with Crippen LogP contribution in [0.3, 0.4) is 0 Å². The molecule has 0 fully saturated rings. The lowest BCUT2D eigenvalue weighted by atomic mass is 9.87. The molecule has 1 amide bonds. The van der Waals surface area contributed by atoms with E-state index in [2.05, 4.69) is 22.4 Å². The molecule has 1 unspecified atom stereocenters. The average molecular weight is 361 g/mol. The number of aromatic nitrogens is 2. The Kier molecular flexibility index (Phi) is 4.52. The number of nitrogens with one attached hydrogen (secondary N) is 1. The molecular formula is C22H23N3O2. The summed E-state index contributed by atoms with van der Waals surface area (Å²) in [6.45, 7) is 4.21. The summed E-state index contributed by atoms with van der Waals surface area (Å²) in [5.74, 6) is -0.104. The quantitative estimate of drug-likeness (QED) is 0.776. The van der Waals surface area contributed by atoms with Gasteiger partial charge >= 0.3 is 0 Å². The fraction of sp³-hybridized carbons (Fsp3) is 0.318. The minimum absolute atomic E-state index is 0.0393. The van der Waals surface area contributed by atoms with E-state index >= 15 is 0 Å². The van der Waals surface area contributed by atoms with Crippen molar-refractivity contribution < 1.29 is 4.79 Å².